The minimum absolute atomic E-state index is 0.0233. The van der Waals surface area contributed by atoms with E-state index in [4.69, 9.17) is 5.73 Å². The Balaban J connectivity index is 2.82. The van der Waals surface area contributed by atoms with Gasteiger partial charge in [-0.15, -0.1) is 0 Å². The number of nitrogens with zero attached hydrogens (tertiary/aromatic N) is 1. The molecular formula is C12H16N4O5. The van der Waals surface area contributed by atoms with Crippen molar-refractivity contribution in [1.29, 1.82) is 0 Å². The predicted octanol–water partition coefficient (Wildman–Crippen LogP) is 0.852. The van der Waals surface area contributed by atoms with Crippen molar-refractivity contribution >= 4 is 23.4 Å². The first-order chi connectivity index (χ1) is 9.95. The summed E-state index contributed by atoms with van der Waals surface area (Å²) in [7, 11) is 0. The van der Waals surface area contributed by atoms with Gasteiger partial charge in [0, 0.05) is 24.7 Å². The number of nitro benzene ring substituents is 1. The van der Waals surface area contributed by atoms with Crippen LogP contribution < -0.4 is 16.4 Å². The molecule has 1 aromatic rings. The van der Waals surface area contributed by atoms with Gasteiger partial charge >= 0.3 is 6.09 Å². The molecule has 0 heterocycles. The van der Waals surface area contributed by atoms with E-state index in [0.717, 1.165) is 0 Å². The maximum atomic E-state index is 11.6. The van der Waals surface area contributed by atoms with Crippen molar-refractivity contribution in [2.24, 2.45) is 5.73 Å². The highest BCUT2D eigenvalue weighted by Crippen LogP contribution is 2.25. The molecule has 0 unspecified atom stereocenters. The highest BCUT2D eigenvalue weighted by atomic mass is 16.6. The van der Waals surface area contributed by atoms with Gasteiger partial charge in [0.05, 0.1) is 4.92 Å². The van der Waals surface area contributed by atoms with E-state index in [9.17, 15) is 19.7 Å². The van der Waals surface area contributed by atoms with Crippen LogP contribution >= 0.6 is 0 Å². The summed E-state index contributed by atoms with van der Waals surface area (Å²) in [5, 5.41) is 16.3. The number of rotatable bonds is 7. The maximum Gasteiger partial charge on any atom is 0.404 e. The van der Waals surface area contributed by atoms with E-state index < -0.39 is 11.0 Å². The highest BCUT2D eigenvalue weighted by molar-refractivity contribution is 5.95. The molecule has 0 fully saturated rings. The normalized spacial score (nSPS) is 9.76. The van der Waals surface area contributed by atoms with Crippen LogP contribution in [0.5, 0.6) is 0 Å². The Morgan fingerprint density at radius 1 is 1.43 bits per heavy atom. The summed E-state index contributed by atoms with van der Waals surface area (Å²) in [6.45, 7) is 2.31. The Morgan fingerprint density at radius 3 is 2.71 bits per heavy atom. The van der Waals surface area contributed by atoms with Crippen LogP contribution in [0.2, 0.25) is 0 Å². The molecule has 114 valence electrons. The topological polar surface area (TPSA) is 137 Å². The Bertz CT molecular complexity index is 546. The molecule has 4 N–H and O–H groups in total. The maximum absolute atomic E-state index is 11.6. The van der Waals surface area contributed by atoms with Crippen molar-refractivity contribution < 1.29 is 19.2 Å². The van der Waals surface area contributed by atoms with Crippen LogP contribution in [0.3, 0.4) is 0 Å². The number of amides is 2. The van der Waals surface area contributed by atoms with Crippen LogP contribution in [0.1, 0.15) is 17.3 Å². The monoisotopic (exact) mass is 296 g/mol. The van der Waals surface area contributed by atoms with Gasteiger partial charge in [0.25, 0.3) is 11.6 Å². The van der Waals surface area contributed by atoms with E-state index in [1.54, 1.807) is 6.92 Å². The minimum Gasteiger partial charge on any atom is -0.448 e. The second-order valence-corrected chi connectivity index (χ2v) is 3.94. The lowest BCUT2D eigenvalue weighted by molar-refractivity contribution is -0.384. The Hall–Kier alpha value is -2.84. The van der Waals surface area contributed by atoms with Gasteiger partial charge < -0.3 is 21.1 Å². The van der Waals surface area contributed by atoms with Crippen molar-refractivity contribution in [3.63, 3.8) is 0 Å². The number of carbonyl (C=O) groups excluding carboxylic acids is 2. The molecule has 0 bridgehead atoms. The van der Waals surface area contributed by atoms with E-state index in [1.807, 2.05) is 0 Å². The molecular weight excluding hydrogens is 280 g/mol. The fourth-order valence-electron chi connectivity index (χ4n) is 1.57. The van der Waals surface area contributed by atoms with Crippen molar-refractivity contribution in [2.45, 2.75) is 6.92 Å². The van der Waals surface area contributed by atoms with Crippen LogP contribution in [0.15, 0.2) is 18.2 Å². The van der Waals surface area contributed by atoms with Crippen LogP contribution in [0.25, 0.3) is 0 Å². The molecule has 0 aliphatic carbocycles. The van der Waals surface area contributed by atoms with Gasteiger partial charge in [0.15, 0.2) is 0 Å². The first-order valence-electron chi connectivity index (χ1n) is 6.18. The summed E-state index contributed by atoms with van der Waals surface area (Å²) in [5.41, 5.74) is 4.97. The lowest BCUT2D eigenvalue weighted by atomic mass is 10.1. The lowest BCUT2D eigenvalue weighted by Crippen LogP contribution is -2.23. The van der Waals surface area contributed by atoms with E-state index in [2.05, 4.69) is 15.4 Å². The van der Waals surface area contributed by atoms with Gasteiger partial charge in [0.2, 0.25) is 0 Å². The van der Waals surface area contributed by atoms with E-state index in [-0.39, 0.29) is 36.0 Å². The molecule has 2 amide bonds. The number of benzene rings is 1. The Morgan fingerprint density at radius 2 is 2.14 bits per heavy atom. The van der Waals surface area contributed by atoms with E-state index >= 15 is 0 Å². The zero-order chi connectivity index (χ0) is 15.8. The molecule has 0 aromatic heterocycles. The van der Waals surface area contributed by atoms with Gasteiger partial charge in [-0.2, -0.15) is 0 Å². The summed E-state index contributed by atoms with van der Waals surface area (Å²) >= 11 is 0. The third-order valence-electron chi connectivity index (χ3n) is 2.46. The Labute approximate surface area is 120 Å². The smallest absolute Gasteiger partial charge is 0.404 e. The largest absolute Gasteiger partial charge is 0.448 e. The zero-order valence-corrected chi connectivity index (χ0v) is 11.4. The number of ether oxygens (including phenoxy) is 1. The van der Waals surface area contributed by atoms with E-state index in [0.29, 0.717) is 6.54 Å². The first kappa shape index (κ1) is 16.2. The molecule has 1 rings (SSSR count). The summed E-state index contributed by atoms with van der Waals surface area (Å²) in [6.07, 6.45) is -0.919. The fraction of sp³-hybridized carbons (Fsp3) is 0.333. The molecule has 0 atom stereocenters. The number of nitrogens with two attached hydrogens (primary N) is 1. The number of hydrogen-bond acceptors (Lipinski definition) is 6. The SMILES string of the molecule is CCNC(=O)c1ccc(NCCOC(N)=O)c([N+](=O)[O-])c1. The quantitative estimate of drug-likeness (QED) is 0.387. The molecule has 0 spiro atoms. The van der Waals surface area contributed by atoms with E-state index in [1.165, 1.54) is 18.2 Å². The number of nitrogens with one attached hydrogen (secondary N) is 2. The number of carbonyl (C=O) groups is 2. The predicted molar refractivity (Wildman–Crippen MR) is 75.1 cm³/mol. The molecule has 0 saturated carbocycles. The first-order valence-corrected chi connectivity index (χ1v) is 6.18. The van der Waals surface area contributed by atoms with Crippen molar-refractivity contribution in [3.05, 3.63) is 33.9 Å². The van der Waals surface area contributed by atoms with Gasteiger partial charge in [-0.1, -0.05) is 0 Å². The van der Waals surface area contributed by atoms with Gasteiger partial charge in [-0.3, -0.25) is 14.9 Å². The van der Waals surface area contributed by atoms with Crippen LogP contribution in [-0.4, -0.2) is 36.6 Å². The average molecular weight is 296 g/mol. The number of hydrogen-bond donors (Lipinski definition) is 3. The van der Waals surface area contributed by atoms with Gasteiger partial charge in [-0.25, -0.2) is 4.79 Å². The summed E-state index contributed by atoms with van der Waals surface area (Å²) in [4.78, 5) is 32.5. The summed E-state index contributed by atoms with van der Waals surface area (Å²) in [5.74, 6) is -0.385. The fourth-order valence-corrected chi connectivity index (χ4v) is 1.57. The molecule has 9 nitrogen and oxygen atoms in total. The number of primary amides is 1. The molecule has 0 aliphatic heterocycles. The molecule has 0 radical (unpaired) electrons. The standard InChI is InChI=1S/C12H16N4O5/c1-2-14-11(17)8-3-4-9(10(7-8)16(19)20)15-5-6-21-12(13)18/h3-4,7,15H,2,5-6H2,1H3,(H2,13,18)(H,14,17). The third kappa shape index (κ3) is 4.97. The van der Waals surface area contributed by atoms with Crippen molar-refractivity contribution in [3.8, 4) is 0 Å². The summed E-state index contributed by atoms with van der Waals surface area (Å²) in [6, 6.07) is 4.07. The van der Waals surface area contributed by atoms with Crippen LogP contribution in [0.4, 0.5) is 16.2 Å². The molecule has 1 aromatic carbocycles. The zero-order valence-electron chi connectivity index (χ0n) is 11.4. The molecule has 9 heteroatoms. The van der Waals surface area contributed by atoms with Gasteiger partial charge in [0.1, 0.15) is 12.3 Å². The average Bonchev–Trinajstić information content (AvgIpc) is 2.43. The molecule has 0 saturated heterocycles. The Kier molecular flexibility index (Phi) is 5.93. The molecule has 21 heavy (non-hydrogen) atoms. The van der Waals surface area contributed by atoms with Gasteiger partial charge in [-0.05, 0) is 19.1 Å². The minimum atomic E-state index is -0.919. The number of nitro groups is 1. The summed E-state index contributed by atoms with van der Waals surface area (Å²) < 4.78 is 4.50. The molecule has 0 aliphatic rings. The third-order valence-corrected chi connectivity index (χ3v) is 2.46. The van der Waals surface area contributed by atoms with Crippen molar-refractivity contribution in [2.75, 3.05) is 25.0 Å². The number of anilines is 1. The van der Waals surface area contributed by atoms with Crippen molar-refractivity contribution in [1.82, 2.24) is 5.32 Å². The highest BCUT2D eigenvalue weighted by Gasteiger charge is 2.17. The second kappa shape index (κ2) is 7.68. The lowest BCUT2D eigenvalue weighted by Gasteiger charge is -2.08. The second-order valence-electron chi connectivity index (χ2n) is 3.94. The van der Waals surface area contributed by atoms with Crippen LogP contribution in [0, 0.1) is 10.1 Å². The van der Waals surface area contributed by atoms with Crippen LogP contribution in [-0.2, 0) is 4.74 Å².